The van der Waals surface area contributed by atoms with Crippen molar-refractivity contribution < 1.29 is 0 Å². The molecule has 1 N–H and O–H groups in total. The zero-order valence-corrected chi connectivity index (χ0v) is 12.6. The minimum Gasteiger partial charge on any atom is -0.368 e. The van der Waals surface area contributed by atoms with E-state index in [2.05, 4.69) is 23.2 Å². The van der Waals surface area contributed by atoms with Gasteiger partial charge in [-0.3, -0.25) is 0 Å². The molecule has 2 fully saturated rings. The molecule has 0 aliphatic carbocycles. The van der Waals surface area contributed by atoms with Gasteiger partial charge in [0.25, 0.3) is 0 Å². The lowest BCUT2D eigenvalue weighted by Crippen LogP contribution is -2.44. The van der Waals surface area contributed by atoms with E-state index >= 15 is 0 Å². The molecule has 2 aliphatic heterocycles. The van der Waals surface area contributed by atoms with Gasteiger partial charge in [0, 0.05) is 18.3 Å². The SMILES string of the molecule is CC1N(c2ccc(C#N)c(Cl)c2)CCC12CCNCC2. The summed E-state index contributed by atoms with van der Waals surface area (Å²) in [4.78, 5) is 2.46. The van der Waals surface area contributed by atoms with E-state index in [0.29, 0.717) is 22.0 Å². The van der Waals surface area contributed by atoms with Gasteiger partial charge in [0.05, 0.1) is 10.6 Å². The summed E-state index contributed by atoms with van der Waals surface area (Å²) in [6.45, 7) is 5.69. The van der Waals surface area contributed by atoms with E-state index in [4.69, 9.17) is 16.9 Å². The number of rotatable bonds is 1. The molecule has 2 saturated heterocycles. The summed E-state index contributed by atoms with van der Waals surface area (Å²) in [5.41, 5.74) is 2.15. The van der Waals surface area contributed by atoms with Gasteiger partial charge < -0.3 is 10.2 Å². The summed E-state index contributed by atoms with van der Waals surface area (Å²) in [6.07, 6.45) is 3.77. The Morgan fingerprint density at radius 2 is 2.10 bits per heavy atom. The topological polar surface area (TPSA) is 39.1 Å². The number of halogens is 1. The highest BCUT2D eigenvalue weighted by atomic mass is 35.5. The van der Waals surface area contributed by atoms with Crippen LogP contribution in [0.1, 0.15) is 31.7 Å². The predicted molar refractivity (Wildman–Crippen MR) is 82.1 cm³/mol. The lowest BCUT2D eigenvalue weighted by atomic mass is 9.73. The van der Waals surface area contributed by atoms with Gasteiger partial charge in [-0.15, -0.1) is 0 Å². The van der Waals surface area contributed by atoms with Crippen LogP contribution in [0.2, 0.25) is 5.02 Å². The molecule has 2 aliphatic rings. The molecular weight excluding hydrogens is 270 g/mol. The second-order valence-corrected chi connectivity index (χ2v) is 6.41. The number of hydrogen-bond donors (Lipinski definition) is 1. The Hall–Kier alpha value is -1.24. The molecule has 3 rings (SSSR count). The number of anilines is 1. The van der Waals surface area contributed by atoms with Crippen LogP contribution in [0.15, 0.2) is 18.2 Å². The molecule has 0 aromatic heterocycles. The molecule has 1 aromatic carbocycles. The first-order chi connectivity index (χ1) is 9.66. The molecule has 1 spiro atoms. The molecule has 1 unspecified atom stereocenters. The van der Waals surface area contributed by atoms with Crippen molar-refractivity contribution in [3.8, 4) is 6.07 Å². The molecule has 0 amide bonds. The van der Waals surface area contributed by atoms with Gasteiger partial charge in [-0.05, 0) is 62.9 Å². The lowest BCUT2D eigenvalue weighted by molar-refractivity contribution is 0.191. The fourth-order valence-electron chi connectivity index (χ4n) is 3.79. The van der Waals surface area contributed by atoms with Gasteiger partial charge in [0.2, 0.25) is 0 Å². The highest BCUT2D eigenvalue weighted by Crippen LogP contribution is 2.45. The Labute approximate surface area is 125 Å². The van der Waals surface area contributed by atoms with E-state index < -0.39 is 0 Å². The maximum absolute atomic E-state index is 8.97. The van der Waals surface area contributed by atoms with E-state index in [1.54, 1.807) is 0 Å². The Kier molecular flexibility index (Phi) is 3.62. The maximum atomic E-state index is 8.97. The van der Waals surface area contributed by atoms with Crippen molar-refractivity contribution in [2.45, 2.75) is 32.2 Å². The average molecular weight is 290 g/mol. The smallest absolute Gasteiger partial charge is 0.101 e. The number of nitrogens with one attached hydrogen (secondary N) is 1. The van der Waals surface area contributed by atoms with Crippen LogP contribution in [0.3, 0.4) is 0 Å². The summed E-state index contributed by atoms with van der Waals surface area (Å²) in [7, 11) is 0. The molecule has 1 aromatic rings. The first-order valence-corrected chi connectivity index (χ1v) is 7.71. The number of nitriles is 1. The summed E-state index contributed by atoms with van der Waals surface area (Å²) < 4.78 is 0. The molecule has 0 bridgehead atoms. The zero-order chi connectivity index (χ0) is 14.2. The number of nitrogens with zero attached hydrogens (tertiary/aromatic N) is 2. The van der Waals surface area contributed by atoms with Crippen LogP contribution in [-0.2, 0) is 0 Å². The Morgan fingerprint density at radius 3 is 2.75 bits per heavy atom. The van der Waals surface area contributed by atoms with Crippen LogP contribution in [0, 0.1) is 16.7 Å². The third-order valence-electron chi connectivity index (χ3n) is 5.21. The van der Waals surface area contributed by atoms with Gasteiger partial charge in [0.15, 0.2) is 0 Å². The lowest BCUT2D eigenvalue weighted by Gasteiger charge is -2.40. The van der Waals surface area contributed by atoms with Crippen molar-refractivity contribution in [1.29, 1.82) is 5.26 Å². The Morgan fingerprint density at radius 1 is 1.35 bits per heavy atom. The van der Waals surface area contributed by atoms with Crippen molar-refractivity contribution in [2.75, 3.05) is 24.5 Å². The summed E-state index contributed by atoms with van der Waals surface area (Å²) in [5.74, 6) is 0. The molecule has 3 nitrogen and oxygen atoms in total. The van der Waals surface area contributed by atoms with Crippen LogP contribution in [-0.4, -0.2) is 25.7 Å². The fraction of sp³-hybridized carbons (Fsp3) is 0.562. The number of piperidine rings is 1. The Balaban J connectivity index is 1.85. The molecule has 4 heteroatoms. The van der Waals surface area contributed by atoms with E-state index in [1.165, 1.54) is 19.3 Å². The summed E-state index contributed by atoms with van der Waals surface area (Å²) in [5, 5.41) is 13.0. The van der Waals surface area contributed by atoms with Crippen LogP contribution in [0.25, 0.3) is 0 Å². The fourth-order valence-corrected chi connectivity index (χ4v) is 4.01. The molecular formula is C16H20ClN3. The highest BCUT2D eigenvalue weighted by molar-refractivity contribution is 6.32. The summed E-state index contributed by atoms with van der Waals surface area (Å²) >= 11 is 6.17. The van der Waals surface area contributed by atoms with Gasteiger partial charge >= 0.3 is 0 Å². The average Bonchev–Trinajstić information content (AvgIpc) is 2.77. The number of hydrogen-bond acceptors (Lipinski definition) is 3. The maximum Gasteiger partial charge on any atom is 0.101 e. The third-order valence-corrected chi connectivity index (χ3v) is 5.52. The standard InChI is InChI=1S/C16H20ClN3/c1-12-16(4-7-19-8-5-16)6-9-20(12)14-3-2-13(11-18)15(17)10-14/h2-3,10,12,19H,4-9H2,1H3. The first-order valence-electron chi connectivity index (χ1n) is 7.33. The minimum atomic E-state index is 0.450. The van der Waals surface area contributed by atoms with E-state index in [1.807, 2.05) is 18.2 Å². The molecule has 0 radical (unpaired) electrons. The first kappa shape index (κ1) is 13.7. The second-order valence-electron chi connectivity index (χ2n) is 6.01. The van der Waals surface area contributed by atoms with E-state index in [0.717, 1.165) is 25.3 Å². The molecule has 2 heterocycles. The van der Waals surface area contributed by atoms with Crippen molar-refractivity contribution in [2.24, 2.45) is 5.41 Å². The van der Waals surface area contributed by atoms with Crippen LogP contribution in [0.5, 0.6) is 0 Å². The normalized spacial score (nSPS) is 24.9. The van der Waals surface area contributed by atoms with Crippen LogP contribution < -0.4 is 10.2 Å². The third kappa shape index (κ3) is 2.17. The van der Waals surface area contributed by atoms with Crippen LogP contribution >= 0.6 is 11.6 Å². The summed E-state index contributed by atoms with van der Waals surface area (Å²) in [6, 6.07) is 8.46. The van der Waals surface area contributed by atoms with Crippen molar-refractivity contribution in [3.05, 3.63) is 28.8 Å². The van der Waals surface area contributed by atoms with Gasteiger partial charge in [-0.25, -0.2) is 0 Å². The van der Waals surface area contributed by atoms with Gasteiger partial charge in [0.1, 0.15) is 6.07 Å². The van der Waals surface area contributed by atoms with Crippen molar-refractivity contribution >= 4 is 17.3 Å². The van der Waals surface area contributed by atoms with Crippen molar-refractivity contribution in [1.82, 2.24) is 5.32 Å². The second kappa shape index (κ2) is 5.27. The Bertz CT molecular complexity index is 543. The molecule has 0 saturated carbocycles. The zero-order valence-electron chi connectivity index (χ0n) is 11.8. The minimum absolute atomic E-state index is 0.450. The van der Waals surface area contributed by atoms with Gasteiger partial charge in [-0.1, -0.05) is 11.6 Å². The molecule has 20 heavy (non-hydrogen) atoms. The monoisotopic (exact) mass is 289 g/mol. The van der Waals surface area contributed by atoms with E-state index in [-0.39, 0.29) is 0 Å². The van der Waals surface area contributed by atoms with Gasteiger partial charge in [-0.2, -0.15) is 5.26 Å². The quantitative estimate of drug-likeness (QED) is 0.863. The van der Waals surface area contributed by atoms with Crippen LogP contribution in [0.4, 0.5) is 5.69 Å². The van der Waals surface area contributed by atoms with E-state index in [9.17, 15) is 0 Å². The largest absolute Gasteiger partial charge is 0.368 e. The number of benzene rings is 1. The molecule has 106 valence electrons. The molecule has 1 atom stereocenters. The predicted octanol–water partition coefficient (Wildman–Crippen LogP) is 3.18. The highest BCUT2D eigenvalue weighted by Gasteiger charge is 2.45. The van der Waals surface area contributed by atoms with Crippen molar-refractivity contribution in [3.63, 3.8) is 0 Å².